The number of halogens is 1. The van der Waals surface area contributed by atoms with Crippen LogP contribution in [0.15, 0.2) is 40.7 Å². The third-order valence-electron chi connectivity index (χ3n) is 4.53. The number of aromatic nitrogens is 1. The Hall–Kier alpha value is -1.88. The van der Waals surface area contributed by atoms with Crippen LogP contribution in [-0.2, 0) is 11.3 Å². The smallest absolute Gasteiger partial charge is 0.407 e. The quantitative estimate of drug-likeness (QED) is 0.322. The van der Waals surface area contributed by atoms with Crippen LogP contribution in [-0.4, -0.2) is 53.2 Å². The van der Waals surface area contributed by atoms with E-state index in [0.29, 0.717) is 13.1 Å². The number of nitrogens with one attached hydrogen (secondary N) is 2. The molecular weight excluding hydrogens is 525 g/mol. The average molecular weight is 558 g/mol. The Balaban J connectivity index is 0.00000341. The van der Waals surface area contributed by atoms with Crippen LogP contribution in [0.3, 0.4) is 0 Å². The van der Waals surface area contributed by atoms with Gasteiger partial charge in [-0.3, -0.25) is 0 Å². The Labute approximate surface area is 205 Å². The summed E-state index contributed by atoms with van der Waals surface area (Å²) in [6, 6.07) is 10.2. The van der Waals surface area contributed by atoms with Crippen molar-refractivity contribution in [2.75, 3.05) is 19.6 Å². The van der Waals surface area contributed by atoms with Gasteiger partial charge in [-0.15, -0.1) is 35.3 Å². The largest absolute Gasteiger partial charge is 0.444 e. The number of carbonyl (C=O) groups excluding carboxylic acids is 1. The lowest BCUT2D eigenvalue weighted by Gasteiger charge is -2.23. The first-order valence-electron chi connectivity index (χ1n) is 10.4. The SMILES string of the molecule is CCNC(=NCc1nc(-c2ccccc2)cs1)N1CCC(NC(=O)OC(C)(C)C)C1.I. The van der Waals surface area contributed by atoms with Gasteiger partial charge in [0.1, 0.15) is 10.6 Å². The molecule has 170 valence electrons. The van der Waals surface area contributed by atoms with Gasteiger partial charge in [-0.25, -0.2) is 14.8 Å². The highest BCUT2D eigenvalue weighted by atomic mass is 127. The molecule has 1 fully saturated rings. The van der Waals surface area contributed by atoms with Crippen molar-refractivity contribution < 1.29 is 9.53 Å². The van der Waals surface area contributed by atoms with Crippen LogP contribution in [0.5, 0.6) is 0 Å². The van der Waals surface area contributed by atoms with Crippen molar-refractivity contribution in [1.82, 2.24) is 20.5 Å². The summed E-state index contributed by atoms with van der Waals surface area (Å²) in [6.07, 6.45) is 0.492. The molecule has 1 aromatic heterocycles. The van der Waals surface area contributed by atoms with Crippen LogP contribution in [0.2, 0.25) is 0 Å². The molecule has 1 aromatic carbocycles. The van der Waals surface area contributed by atoms with Crippen molar-refractivity contribution in [3.8, 4) is 11.3 Å². The summed E-state index contributed by atoms with van der Waals surface area (Å²) in [5.74, 6) is 0.849. The maximum atomic E-state index is 12.0. The number of thiazole rings is 1. The Bertz CT molecular complexity index is 866. The standard InChI is InChI=1S/C22H31N5O2S.HI/c1-5-23-20(27-12-11-17(14-27)25-21(28)29-22(2,3)4)24-13-19-26-18(15-30-19)16-9-7-6-8-10-16;/h6-10,15,17H,5,11-14H2,1-4H3,(H,23,24)(H,25,28);1H. The summed E-state index contributed by atoms with van der Waals surface area (Å²) in [4.78, 5) is 23.7. The number of guanidine groups is 1. The highest BCUT2D eigenvalue weighted by molar-refractivity contribution is 14.0. The van der Waals surface area contributed by atoms with E-state index in [-0.39, 0.29) is 36.1 Å². The Morgan fingerprint density at radius 1 is 1.32 bits per heavy atom. The number of aliphatic imine (C=N–C) groups is 1. The lowest BCUT2D eigenvalue weighted by Crippen LogP contribution is -2.44. The van der Waals surface area contributed by atoms with Crippen LogP contribution in [0, 0.1) is 0 Å². The van der Waals surface area contributed by atoms with E-state index in [2.05, 4.69) is 40.0 Å². The third kappa shape index (κ3) is 7.95. The number of amides is 1. The molecule has 2 aromatic rings. The Kier molecular flexibility index (Phi) is 9.54. The number of likely N-dealkylation sites (tertiary alicyclic amines) is 1. The van der Waals surface area contributed by atoms with Crippen molar-refractivity contribution in [3.63, 3.8) is 0 Å². The molecule has 1 saturated heterocycles. The molecule has 3 rings (SSSR count). The molecule has 1 aliphatic heterocycles. The molecule has 1 atom stereocenters. The van der Waals surface area contributed by atoms with E-state index < -0.39 is 5.60 Å². The molecule has 31 heavy (non-hydrogen) atoms. The molecule has 0 radical (unpaired) electrons. The van der Waals surface area contributed by atoms with Crippen LogP contribution < -0.4 is 10.6 Å². The molecule has 0 saturated carbocycles. The summed E-state index contributed by atoms with van der Waals surface area (Å²) in [7, 11) is 0. The molecule has 2 heterocycles. The molecule has 9 heteroatoms. The van der Waals surface area contributed by atoms with Crippen molar-refractivity contribution in [2.24, 2.45) is 4.99 Å². The number of nitrogens with zero attached hydrogens (tertiary/aromatic N) is 3. The van der Waals surface area contributed by atoms with Crippen LogP contribution in [0.1, 0.15) is 39.1 Å². The van der Waals surface area contributed by atoms with Crippen LogP contribution >= 0.6 is 35.3 Å². The first-order chi connectivity index (χ1) is 14.3. The zero-order chi connectivity index (χ0) is 21.6. The molecule has 1 aliphatic rings. The fraction of sp³-hybridized carbons (Fsp3) is 0.500. The number of carbonyl (C=O) groups is 1. The number of hydrogen-bond donors (Lipinski definition) is 2. The second-order valence-electron chi connectivity index (χ2n) is 8.24. The Morgan fingerprint density at radius 3 is 2.74 bits per heavy atom. The number of hydrogen-bond acceptors (Lipinski definition) is 5. The predicted molar refractivity (Wildman–Crippen MR) is 137 cm³/mol. The van der Waals surface area contributed by atoms with E-state index in [1.807, 2.05) is 39.0 Å². The molecule has 1 amide bonds. The predicted octanol–water partition coefficient (Wildman–Crippen LogP) is 4.49. The summed E-state index contributed by atoms with van der Waals surface area (Å²) >= 11 is 1.62. The second-order valence-corrected chi connectivity index (χ2v) is 9.18. The van der Waals surface area contributed by atoms with Gasteiger partial charge in [0.15, 0.2) is 5.96 Å². The lowest BCUT2D eigenvalue weighted by molar-refractivity contribution is 0.0507. The topological polar surface area (TPSA) is 78.9 Å². The van der Waals surface area contributed by atoms with E-state index in [0.717, 1.165) is 41.7 Å². The lowest BCUT2D eigenvalue weighted by atomic mass is 10.2. The highest BCUT2D eigenvalue weighted by Crippen LogP contribution is 2.22. The fourth-order valence-corrected chi connectivity index (χ4v) is 3.96. The third-order valence-corrected chi connectivity index (χ3v) is 5.36. The van der Waals surface area contributed by atoms with Gasteiger partial charge in [0, 0.05) is 30.6 Å². The first kappa shape index (κ1) is 25.4. The van der Waals surface area contributed by atoms with Gasteiger partial charge >= 0.3 is 6.09 Å². The summed E-state index contributed by atoms with van der Waals surface area (Å²) in [6.45, 7) is 10.5. The normalized spacial score (nSPS) is 16.6. The Morgan fingerprint density at radius 2 is 2.06 bits per heavy atom. The number of alkyl carbamates (subject to hydrolysis) is 1. The van der Waals surface area contributed by atoms with Crippen molar-refractivity contribution in [1.29, 1.82) is 0 Å². The molecule has 0 spiro atoms. The van der Waals surface area contributed by atoms with E-state index in [4.69, 9.17) is 14.7 Å². The zero-order valence-electron chi connectivity index (χ0n) is 18.6. The van der Waals surface area contributed by atoms with Crippen molar-refractivity contribution >= 4 is 47.4 Å². The summed E-state index contributed by atoms with van der Waals surface area (Å²) < 4.78 is 5.37. The second kappa shape index (κ2) is 11.7. The van der Waals surface area contributed by atoms with Gasteiger partial charge < -0.3 is 20.3 Å². The van der Waals surface area contributed by atoms with Gasteiger partial charge in [-0.05, 0) is 34.1 Å². The molecule has 2 N–H and O–H groups in total. The minimum Gasteiger partial charge on any atom is -0.444 e. The molecular formula is C22H32IN5O2S. The molecule has 1 unspecified atom stereocenters. The van der Waals surface area contributed by atoms with Crippen molar-refractivity contribution in [3.05, 3.63) is 40.7 Å². The van der Waals surface area contributed by atoms with Gasteiger partial charge in [-0.2, -0.15) is 0 Å². The summed E-state index contributed by atoms with van der Waals surface area (Å²) in [5.41, 5.74) is 1.61. The number of ether oxygens (including phenoxy) is 1. The van der Waals surface area contributed by atoms with E-state index >= 15 is 0 Å². The minimum atomic E-state index is -0.495. The molecule has 0 bridgehead atoms. The fourth-order valence-electron chi connectivity index (χ4n) is 3.24. The monoisotopic (exact) mass is 557 g/mol. The number of benzene rings is 1. The van der Waals surface area contributed by atoms with Crippen molar-refractivity contribution in [2.45, 2.75) is 52.3 Å². The molecule has 7 nitrogen and oxygen atoms in total. The maximum Gasteiger partial charge on any atom is 0.407 e. The van der Waals surface area contributed by atoms with E-state index in [1.54, 1.807) is 11.3 Å². The number of rotatable bonds is 5. The summed E-state index contributed by atoms with van der Waals surface area (Å²) in [5, 5.41) is 9.37. The van der Waals surface area contributed by atoms with E-state index in [1.165, 1.54) is 0 Å². The maximum absolute atomic E-state index is 12.0. The van der Waals surface area contributed by atoms with Gasteiger partial charge in [0.25, 0.3) is 0 Å². The van der Waals surface area contributed by atoms with Gasteiger partial charge in [0.2, 0.25) is 0 Å². The van der Waals surface area contributed by atoms with Gasteiger partial charge in [-0.1, -0.05) is 30.3 Å². The highest BCUT2D eigenvalue weighted by Gasteiger charge is 2.27. The molecule has 0 aliphatic carbocycles. The first-order valence-corrected chi connectivity index (χ1v) is 11.2. The zero-order valence-corrected chi connectivity index (χ0v) is 21.7. The minimum absolute atomic E-state index is 0. The van der Waals surface area contributed by atoms with Crippen LogP contribution in [0.25, 0.3) is 11.3 Å². The average Bonchev–Trinajstić information content (AvgIpc) is 3.34. The van der Waals surface area contributed by atoms with Crippen LogP contribution in [0.4, 0.5) is 4.79 Å². The van der Waals surface area contributed by atoms with E-state index in [9.17, 15) is 4.79 Å². The van der Waals surface area contributed by atoms with Gasteiger partial charge in [0.05, 0.1) is 18.3 Å².